The molecular weight excluding hydrogens is 312 g/mol. The lowest BCUT2D eigenvalue weighted by Gasteiger charge is -2.23. The zero-order chi connectivity index (χ0) is 15.6. The van der Waals surface area contributed by atoms with Crippen molar-refractivity contribution in [3.8, 4) is 0 Å². The summed E-state index contributed by atoms with van der Waals surface area (Å²) in [5.41, 5.74) is 7.69. The molecule has 0 saturated heterocycles. The molecule has 112 valence electrons. The van der Waals surface area contributed by atoms with Crippen LogP contribution in [0, 0.1) is 12.7 Å². The summed E-state index contributed by atoms with van der Waals surface area (Å²) in [6.45, 7) is 1.89. The average molecular weight is 328 g/mol. The van der Waals surface area contributed by atoms with Crippen molar-refractivity contribution in [3.05, 3.63) is 69.0 Å². The molecule has 2 aromatic carbocycles. The quantitative estimate of drug-likeness (QED) is 0.883. The van der Waals surface area contributed by atoms with Gasteiger partial charge in [0.15, 0.2) is 0 Å². The van der Waals surface area contributed by atoms with E-state index in [9.17, 15) is 9.50 Å². The Kier molecular flexibility index (Phi) is 5.22. The Hall–Kier alpha value is -1.13. The smallest absolute Gasteiger partial charge is 0.126 e. The third-order valence-corrected chi connectivity index (χ3v) is 4.27. The lowest BCUT2D eigenvalue weighted by atomic mass is 9.88. The van der Waals surface area contributed by atoms with Crippen LogP contribution in [-0.2, 0) is 0 Å². The van der Waals surface area contributed by atoms with Crippen LogP contribution in [0.3, 0.4) is 0 Å². The second-order valence-corrected chi connectivity index (χ2v) is 5.78. The number of aliphatic hydroxyl groups excluding tert-OH is 1. The molecule has 2 rings (SSSR count). The molecule has 0 fully saturated rings. The molecule has 2 unspecified atom stereocenters. The highest BCUT2D eigenvalue weighted by Crippen LogP contribution is 2.34. The monoisotopic (exact) mass is 327 g/mol. The van der Waals surface area contributed by atoms with E-state index in [-0.39, 0.29) is 18.3 Å². The molecule has 0 bridgehead atoms. The fourth-order valence-corrected chi connectivity index (χ4v) is 2.58. The molecule has 5 heteroatoms. The number of hydrogen-bond donors (Lipinski definition) is 2. The lowest BCUT2D eigenvalue weighted by molar-refractivity contribution is 0.147. The fourth-order valence-electron chi connectivity index (χ4n) is 2.27. The number of halogens is 3. The van der Waals surface area contributed by atoms with Crippen molar-refractivity contribution in [2.75, 3.05) is 6.54 Å². The highest BCUT2D eigenvalue weighted by molar-refractivity contribution is 6.42. The van der Waals surface area contributed by atoms with Crippen molar-refractivity contribution in [1.82, 2.24) is 0 Å². The number of aliphatic hydroxyl groups is 1. The zero-order valence-electron chi connectivity index (χ0n) is 11.5. The van der Waals surface area contributed by atoms with Crippen LogP contribution in [-0.4, -0.2) is 11.7 Å². The first kappa shape index (κ1) is 16.2. The van der Waals surface area contributed by atoms with E-state index in [1.165, 1.54) is 6.07 Å². The van der Waals surface area contributed by atoms with Crippen LogP contribution >= 0.6 is 23.2 Å². The molecule has 0 aromatic heterocycles. The molecule has 0 amide bonds. The predicted octanol–water partition coefficient (Wildman–Crippen LogP) is 4.22. The van der Waals surface area contributed by atoms with Gasteiger partial charge in [0.25, 0.3) is 0 Å². The van der Waals surface area contributed by atoms with Crippen LogP contribution in [0.1, 0.15) is 28.7 Å². The van der Waals surface area contributed by atoms with Crippen molar-refractivity contribution in [2.24, 2.45) is 5.73 Å². The fraction of sp³-hybridized carbons (Fsp3) is 0.250. The lowest BCUT2D eigenvalue weighted by Crippen LogP contribution is -2.20. The van der Waals surface area contributed by atoms with E-state index in [4.69, 9.17) is 28.9 Å². The molecular formula is C16H16Cl2FNO. The van der Waals surface area contributed by atoms with Gasteiger partial charge in [-0.3, -0.25) is 0 Å². The number of aryl methyl sites for hydroxylation is 1. The minimum Gasteiger partial charge on any atom is -0.388 e. The van der Waals surface area contributed by atoms with Crippen LogP contribution < -0.4 is 5.73 Å². The topological polar surface area (TPSA) is 46.2 Å². The van der Waals surface area contributed by atoms with Crippen molar-refractivity contribution in [3.63, 3.8) is 0 Å². The van der Waals surface area contributed by atoms with Crippen molar-refractivity contribution in [2.45, 2.75) is 18.9 Å². The van der Waals surface area contributed by atoms with Gasteiger partial charge in [0.1, 0.15) is 5.82 Å². The third-order valence-electron chi connectivity index (χ3n) is 3.53. The Labute approximate surface area is 133 Å². The Morgan fingerprint density at radius 3 is 2.33 bits per heavy atom. The molecule has 0 spiro atoms. The summed E-state index contributed by atoms with van der Waals surface area (Å²) in [5.74, 6) is -0.644. The van der Waals surface area contributed by atoms with Crippen LogP contribution in [0.15, 0.2) is 36.4 Å². The Bertz CT molecular complexity index is 648. The molecule has 0 radical (unpaired) electrons. The first-order valence-corrected chi connectivity index (χ1v) is 7.28. The number of nitrogens with two attached hydrogens (primary N) is 1. The largest absolute Gasteiger partial charge is 0.388 e. The highest BCUT2D eigenvalue weighted by Gasteiger charge is 2.22. The van der Waals surface area contributed by atoms with Crippen molar-refractivity contribution >= 4 is 23.2 Å². The first-order valence-electron chi connectivity index (χ1n) is 6.53. The maximum atomic E-state index is 13.3. The normalized spacial score (nSPS) is 14.0. The molecule has 0 heterocycles. The van der Waals surface area contributed by atoms with Gasteiger partial charge in [0.2, 0.25) is 0 Å². The van der Waals surface area contributed by atoms with E-state index < -0.39 is 6.10 Å². The van der Waals surface area contributed by atoms with Crippen LogP contribution in [0.2, 0.25) is 10.0 Å². The van der Waals surface area contributed by atoms with E-state index in [1.54, 1.807) is 37.3 Å². The molecule has 21 heavy (non-hydrogen) atoms. The number of rotatable bonds is 4. The van der Waals surface area contributed by atoms with Gasteiger partial charge in [-0.1, -0.05) is 41.4 Å². The first-order chi connectivity index (χ1) is 9.93. The molecule has 2 aromatic rings. The minimum atomic E-state index is -0.841. The Morgan fingerprint density at radius 1 is 1.10 bits per heavy atom. The summed E-state index contributed by atoms with van der Waals surface area (Å²) in [6, 6.07) is 9.68. The van der Waals surface area contributed by atoms with Gasteiger partial charge in [-0.15, -0.1) is 0 Å². The molecule has 0 aliphatic rings. The summed E-state index contributed by atoms with van der Waals surface area (Å²) in [6.07, 6.45) is -0.841. The number of benzene rings is 2. The SMILES string of the molecule is Cc1cc(C(O)C(CN)c2ccc(Cl)c(Cl)c2)ccc1F. The Morgan fingerprint density at radius 2 is 1.76 bits per heavy atom. The van der Waals surface area contributed by atoms with Crippen molar-refractivity contribution in [1.29, 1.82) is 0 Å². The highest BCUT2D eigenvalue weighted by atomic mass is 35.5. The molecule has 2 atom stereocenters. The van der Waals surface area contributed by atoms with Crippen LogP contribution in [0.25, 0.3) is 0 Å². The van der Waals surface area contributed by atoms with Gasteiger partial charge < -0.3 is 10.8 Å². The van der Waals surface area contributed by atoms with Gasteiger partial charge in [-0.2, -0.15) is 0 Å². The molecule has 0 saturated carbocycles. The van der Waals surface area contributed by atoms with Crippen LogP contribution in [0.5, 0.6) is 0 Å². The van der Waals surface area contributed by atoms with Gasteiger partial charge in [-0.05, 0) is 41.8 Å². The summed E-state index contributed by atoms with van der Waals surface area (Å²) >= 11 is 11.9. The number of hydrogen-bond acceptors (Lipinski definition) is 2. The van der Waals surface area contributed by atoms with Gasteiger partial charge in [-0.25, -0.2) is 4.39 Å². The van der Waals surface area contributed by atoms with Gasteiger partial charge in [0, 0.05) is 12.5 Å². The summed E-state index contributed by atoms with van der Waals surface area (Å²) in [4.78, 5) is 0. The molecule has 0 aliphatic carbocycles. The maximum absolute atomic E-state index is 13.3. The maximum Gasteiger partial charge on any atom is 0.126 e. The second kappa shape index (κ2) is 6.75. The van der Waals surface area contributed by atoms with Crippen LogP contribution in [0.4, 0.5) is 4.39 Å². The molecule has 0 aliphatic heterocycles. The Balaban J connectivity index is 2.35. The van der Waals surface area contributed by atoms with E-state index in [1.807, 2.05) is 0 Å². The zero-order valence-corrected chi connectivity index (χ0v) is 13.0. The molecule has 3 N–H and O–H groups in total. The van der Waals surface area contributed by atoms with Gasteiger partial charge in [0.05, 0.1) is 16.1 Å². The van der Waals surface area contributed by atoms with E-state index in [0.29, 0.717) is 21.2 Å². The summed E-state index contributed by atoms with van der Waals surface area (Å²) in [7, 11) is 0. The third kappa shape index (κ3) is 3.55. The van der Waals surface area contributed by atoms with E-state index >= 15 is 0 Å². The standard InChI is InChI=1S/C16H16Cl2FNO/c1-9-6-11(3-5-15(9)19)16(21)12(8-20)10-2-4-13(17)14(18)7-10/h2-7,12,16,21H,8,20H2,1H3. The second-order valence-electron chi connectivity index (χ2n) is 4.97. The van der Waals surface area contributed by atoms with Crippen molar-refractivity contribution < 1.29 is 9.50 Å². The average Bonchev–Trinajstić information content (AvgIpc) is 2.46. The van der Waals surface area contributed by atoms with Gasteiger partial charge >= 0.3 is 0 Å². The summed E-state index contributed by atoms with van der Waals surface area (Å²) in [5, 5.41) is 11.4. The predicted molar refractivity (Wildman–Crippen MR) is 84.4 cm³/mol. The summed E-state index contributed by atoms with van der Waals surface area (Å²) < 4.78 is 13.3. The minimum absolute atomic E-state index is 0.232. The van der Waals surface area contributed by atoms with E-state index in [0.717, 1.165) is 5.56 Å². The molecule has 2 nitrogen and oxygen atoms in total. The van der Waals surface area contributed by atoms with E-state index in [2.05, 4.69) is 0 Å².